The number of hydrogen-bond donors (Lipinski definition) is 0. The lowest BCUT2D eigenvalue weighted by Crippen LogP contribution is -2.44. The van der Waals surface area contributed by atoms with E-state index in [9.17, 15) is 19.5 Å². The lowest BCUT2D eigenvalue weighted by Gasteiger charge is -2.26. The van der Waals surface area contributed by atoms with Crippen LogP contribution in [0, 0.1) is 0 Å². The monoisotopic (exact) mass is 952 g/mol. The van der Waals surface area contributed by atoms with Crippen LogP contribution in [0.2, 0.25) is 0 Å². The molecule has 0 amide bonds. The summed E-state index contributed by atoms with van der Waals surface area (Å²) in [5.74, 6) is -2.28. The van der Waals surface area contributed by atoms with Crippen molar-refractivity contribution in [2.45, 2.75) is 309 Å². The number of carbonyl (C=O) groups is 3. The van der Waals surface area contributed by atoms with Crippen molar-refractivity contribution in [2.24, 2.45) is 0 Å². The van der Waals surface area contributed by atoms with Crippen LogP contribution in [0.15, 0.2) is 0 Å². The predicted octanol–water partition coefficient (Wildman–Crippen LogP) is 15.5. The van der Waals surface area contributed by atoms with Crippen molar-refractivity contribution in [1.82, 2.24) is 0 Å². The van der Waals surface area contributed by atoms with Crippen molar-refractivity contribution in [3.8, 4) is 0 Å². The van der Waals surface area contributed by atoms with Gasteiger partial charge in [0.25, 0.3) is 0 Å². The van der Waals surface area contributed by atoms with E-state index in [4.69, 9.17) is 18.9 Å². The Balaban J connectivity index is 3.74. The number of carboxylic acids is 1. The van der Waals surface area contributed by atoms with Gasteiger partial charge in [0.1, 0.15) is 13.2 Å². The van der Waals surface area contributed by atoms with E-state index in [1.165, 1.54) is 218 Å². The van der Waals surface area contributed by atoms with Crippen molar-refractivity contribution in [3.63, 3.8) is 0 Å². The van der Waals surface area contributed by atoms with Gasteiger partial charge >= 0.3 is 11.9 Å². The van der Waals surface area contributed by atoms with Gasteiger partial charge in [0.2, 0.25) is 0 Å². The van der Waals surface area contributed by atoms with E-state index in [1.54, 1.807) is 0 Å². The molecule has 9 heteroatoms. The van der Waals surface area contributed by atoms with Crippen molar-refractivity contribution in [2.75, 3.05) is 47.5 Å². The van der Waals surface area contributed by atoms with E-state index in [0.717, 1.165) is 51.4 Å². The second-order valence-electron chi connectivity index (χ2n) is 21.3. The van der Waals surface area contributed by atoms with Crippen LogP contribution >= 0.6 is 0 Å². The molecule has 0 radical (unpaired) electrons. The molecule has 0 rings (SSSR count). The number of nitrogens with zero attached hydrogens (tertiary/aromatic N) is 1. The molecule has 0 saturated heterocycles. The molecular weight excluding hydrogens is 839 g/mol. The van der Waals surface area contributed by atoms with Crippen LogP contribution in [0.5, 0.6) is 0 Å². The highest BCUT2D eigenvalue weighted by molar-refractivity contribution is 5.70. The number of rotatable bonds is 55. The first-order valence-corrected chi connectivity index (χ1v) is 29.2. The standard InChI is InChI=1S/C58H113NO8/c1-6-8-10-12-13-14-15-16-17-18-19-20-21-22-23-24-25-26-27-28-29-30-31-32-33-34-35-36-37-38-39-40-41-42-43-45-47-49-56(61)67-54(52-65-55(60)48-46-44-11-9-7-2)53-66-58(57(62)63)64-51-50-59(3,4)5/h54,58H,6-53H2,1-5H3. The molecule has 2 unspecified atom stereocenters. The molecule has 0 aromatic heterocycles. The quantitative estimate of drug-likeness (QED) is 0.0256. The van der Waals surface area contributed by atoms with Crippen molar-refractivity contribution < 1.29 is 42.9 Å². The summed E-state index contributed by atoms with van der Waals surface area (Å²) in [6, 6.07) is 0. The van der Waals surface area contributed by atoms with Crippen molar-refractivity contribution in [1.29, 1.82) is 0 Å². The Hall–Kier alpha value is -1.71. The largest absolute Gasteiger partial charge is 0.545 e. The van der Waals surface area contributed by atoms with Crippen LogP contribution in [0.3, 0.4) is 0 Å². The first kappa shape index (κ1) is 65.3. The van der Waals surface area contributed by atoms with E-state index in [0.29, 0.717) is 17.4 Å². The molecule has 9 nitrogen and oxygen atoms in total. The van der Waals surface area contributed by atoms with Gasteiger partial charge in [-0.25, -0.2) is 0 Å². The number of ether oxygens (including phenoxy) is 4. The minimum absolute atomic E-state index is 0.152. The molecule has 0 aromatic carbocycles. The molecule has 0 bridgehead atoms. The summed E-state index contributed by atoms with van der Waals surface area (Å²) in [7, 11) is 5.91. The maximum atomic E-state index is 12.7. The highest BCUT2D eigenvalue weighted by Crippen LogP contribution is 2.18. The minimum atomic E-state index is -1.61. The highest BCUT2D eigenvalue weighted by atomic mass is 16.7. The molecule has 0 heterocycles. The van der Waals surface area contributed by atoms with Crippen LogP contribution in [0.25, 0.3) is 0 Å². The summed E-state index contributed by atoms with van der Waals surface area (Å²) in [6.07, 6.45) is 54.0. The van der Waals surface area contributed by atoms with Crippen LogP contribution in [0.1, 0.15) is 296 Å². The third-order valence-corrected chi connectivity index (χ3v) is 13.4. The maximum Gasteiger partial charge on any atom is 0.306 e. The van der Waals surface area contributed by atoms with Gasteiger partial charge in [-0.1, -0.05) is 271 Å². The normalized spacial score (nSPS) is 12.7. The van der Waals surface area contributed by atoms with E-state index >= 15 is 0 Å². The first-order chi connectivity index (χ1) is 32.6. The van der Waals surface area contributed by atoms with Gasteiger partial charge in [0, 0.05) is 12.8 Å². The Kier molecular flexibility index (Phi) is 49.4. The summed E-state index contributed by atoms with van der Waals surface area (Å²) in [5, 5.41) is 11.7. The lowest BCUT2D eigenvalue weighted by molar-refractivity contribution is -0.870. The second-order valence-corrected chi connectivity index (χ2v) is 21.3. The molecule has 0 aliphatic rings. The number of hydrogen-bond acceptors (Lipinski definition) is 8. The van der Waals surface area contributed by atoms with E-state index in [1.807, 2.05) is 21.1 Å². The van der Waals surface area contributed by atoms with Crippen LogP contribution in [-0.2, 0) is 33.3 Å². The van der Waals surface area contributed by atoms with E-state index < -0.39 is 24.3 Å². The molecule has 0 aliphatic heterocycles. The number of carboxylic acid groups (broad SMARTS) is 1. The zero-order chi connectivity index (χ0) is 49.2. The van der Waals surface area contributed by atoms with Gasteiger partial charge in [-0.15, -0.1) is 0 Å². The number of aliphatic carboxylic acids is 1. The molecule has 0 spiro atoms. The summed E-state index contributed by atoms with van der Waals surface area (Å²) in [4.78, 5) is 36.7. The van der Waals surface area contributed by atoms with Crippen molar-refractivity contribution in [3.05, 3.63) is 0 Å². The summed E-state index contributed by atoms with van der Waals surface area (Å²) >= 11 is 0. The van der Waals surface area contributed by atoms with Gasteiger partial charge in [-0.3, -0.25) is 9.59 Å². The average Bonchev–Trinajstić information content (AvgIpc) is 3.29. The third-order valence-electron chi connectivity index (χ3n) is 13.4. The van der Waals surface area contributed by atoms with Crippen molar-refractivity contribution >= 4 is 17.9 Å². The number of esters is 2. The number of likely N-dealkylation sites (N-methyl/N-ethyl adjacent to an activating group) is 1. The lowest BCUT2D eigenvalue weighted by atomic mass is 10.0. The highest BCUT2D eigenvalue weighted by Gasteiger charge is 2.22. The minimum Gasteiger partial charge on any atom is -0.545 e. The zero-order valence-electron chi connectivity index (χ0n) is 45.3. The SMILES string of the molecule is CCCCCCCCCCCCCCCCCCCCCCCCCCCCCCCCCCCCCCCC(=O)OC(COC(=O)CCCCCCC)COC(OCC[N+](C)(C)C)C(=O)[O-]. The van der Waals surface area contributed by atoms with E-state index in [-0.39, 0.29) is 32.2 Å². The summed E-state index contributed by atoms with van der Waals surface area (Å²) in [5.41, 5.74) is 0. The smallest absolute Gasteiger partial charge is 0.306 e. The molecular formula is C58H113NO8. The van der Waals surface area contributed by atoms with Gasteiger partial charge in [0.15, 0.2) is 12.4 Å². The molecule has 2 atom stereocenters. The molecule has 0 aromatic rings. The summed E-state index contributed by atoms with van der Waals surface area (Å²) < 4.78 is 22.5. The number of quaternary nitrogens is 1. The Morgan fingerprint density at radius 2 is 0.672 bits per heavy atom. The third kappa shape index (κ3) is 52.0. The molecule has 67 heavy (non-hydrogen) atoms. The summed E-state index contributed by atoms with van der Waals surface area (Å²) in [6.45, 7) is 4.69. The fourth-order valence-corrected chi connectivity index (χ4v) is 8.83. The molecule has 0 N–H and O–H groups in total. The van der Waals surface area contributed by atoms with Gasteiger partial charge < -0.3 is 33.3 Å². The second kappa shape index (κ2) is 50.7. The molecule has 0 aliphatic carbocycles. The fraction of sp³-hybridized carbons (Fsp3) is 0.948. The number of unbranched alkanes of at least 4 members (excludes halogenated alkanes) is 40. The topological polar surface area (TPSA) is 111 Å². The Morgan fingerprint density at radius 1 is 0.388 bits per heavy atom. The van der Waals surface area contributed by atoms with Crippen LogP contribution < -0.4 is 5.11 Å². The van der Waals surface area contributed by atoms with E-state index in [2.05, 4.69) is 13.8 Å². The number of carbonyl (C=O) groups excluding carboxylic acids is 3. The predicted molar refractivity (Wildman–Crippen MR) is 279 cm³/mol. The maximum absolute atomic E-state index is 12.7. The molecule has 0 saturated carbocycles. The van der Waals surface area contributed by atoms with Gasteiger partial charge in [0.05, 0.1) is 40.3 Å². The molecule has 0 fully saturated rings. The Morgan fingerprint density at radius 3 is 0.955 bits per heavy atom. The van der Waals surface area contributed by atoms with Gasteiger partial charge in [-0.2, -0.15) is 0 Å². The Labute approximate surface area is 415 Å². The zero-order valence-corrected chi connectivity index (χ0v) is 45.3. The van der Waals surface area contributed by atoms with Crippen LogP contribution in [-0.4, -0.2) is 82.3 Å². The Bertz CT molecular complexity index is 1060. The first-order valence-electron chi connectivity index (χ1n) is 29.2. The van der Waals surface area contributed by atoms with Crippen LogP contribution in [0.4, 0.5) is 0 Å². The van der Waals surface area contributed by atoms with Gasteiger partial charge in [-0.05, 0) is 12.8 Å². The molecule has 398 valence electrons. The average molecular weight is 953 g/mol. The fourth-order valence-electron chi connectivity index (χ4n) is 8.83.